The molecule has 0 atom stereocenters. The van der Waals surface area contributed by atoms with Crippen LogP contribution in [-0.2, 0) is 11.3 Å². The second kappa shape index (κ2) is 7.61. The average molecular weight is 322 g/mol. The van der Waals surface area contributed by atoms with Crippen LogP contribution in [0.1, 0.15) is 23.2 Å². The third-order valence-corrected chi connectivity index (χ3v) is 3.02. The fourth-order valence-corrected chi connectivity index (χ4v) is 1.92. The van der Waals surface area contributed by atoms with Crippen LogP contribution in [0.15, 0.2) is 41.3 Å². The number of halogens is 1. The monoisotopic (exact) mass is 321 g/mol. The second-order valence-corrected chi connectivity index (χ2v) is 4.84. The van der Waals surface area contributed by atoms with Crippen molar-refractivity contribution in [1.82, 2.24) is 10.2 Å². The molecule has 2 rings (SSSR count). The van der Waals surface area contributed by atoms with Gasteiger partial charge in [0.15, 0.2) is 0 Å². The lowest BCUT2D eigenvalue weighted by Crippen LogP contribution is -2.22. The van der Waals surface area contributed by atoms with Gasteiger partial charge in [0.05, 0.1) is 6.61 Å². The van der Waals surface area contributed by atoms with Crippen LogP contribution in [0.2, 0.25) is 5.02 Å². The fraction of sp³-hybridized carbons (Fsp3) is 0.267. The van der Waals surface area contributed by atoms with Gasteiger partial charge in [0.25, 0.3) is 0 Å². The van der Waals surface area contributed by atoms with Gasteiger partial charge in [0, 0.05) is 18.1 Å². The number of hydrogen-bond acceptors (Lipinski definition) is 6. The lowest BCUT2D eigenvalue weighted by atomic mass is 10.2. The van der Waals surface area contributed by atoms with E-state index in [1.807, 2.05) is 12.1 Å². The molecule has 0 spiro atoms. The lowest BCUT2D eigenvalue weighted by molar-refractivity contribution is 0.0481. The highest BCUT2D eigenvalue weighted by molar-refractivity contribution is 6.30. The SMILES string of the molecule is C=CCN(Cc1ccc(Cl)cc1)c1nnc(C(=O)OCC)o1. The van der Waals surface area contributed by atoms with Crippen LogP contribution in [0.25, 0.3) is 0 Å². The maximum Gasteiger partial charge on any atom is 0.396 e. The molecule has 0 fully saturated rings. The van der Waals surface area contributed by atoms with E-state index in [1.165, 1.54) is 0 Å². The predicted octanol–water partition coefficient (Wildman–Crippen LogP) is 3.09. The van der Waals surface area contributed by atoms with Gasteiger partial charge in [-0.15, -0.1) is 6.58 Å². The highest BCUT2D eigenvalue weighted by atomic mass is 35.5. The normalized spacial score (nSPS) is 10.3. The molecule has 6 nitrogen and oxygen atoms in total. The molecule has 0 bridgehead atoms. The van der Waals surface area contributed by atoms with Crippen molar-refractivity contribution in [3.8, 4) is 0 Å². The summed E-state index contributed by atoms with van der Waals surface area (Å²) < 4.78 is 10.2. The van der Waals surface area contributed by atoms with Crippen LogP contribution in [0.3, 0.4) is 0 Å². The van der Waals surface area contributed by atoms with E-state index in [1.54, 1.807) is 30.0 Å². The van der Waals surface area contributed by atoms with Crippen molar-refractivity contribution in [3.05, 3.63) is 53.4 Å². The van der Waals surface area contributed by atoms with Crippen molar-refractivity contribution in [2.75, 3.05) is 18.1 Å². The van der Waals surface area contributed by atoms with Crippen molar-refractivity contribution in [3.63, 3.8) is 0 Å². The summed E-state index contributed by atoms with van der Waals surface area (Å²) >= 11 is 5.87. The van der Waals surface area contributed by atoms with E-state index < -0.39 is 5.97 Å². The first-order valence-corrected chi connectivity index (χ1v) is 7.12. The van der Waals surface area contributed by atoms with E-state index in [-0.39, 0.29) is 18.5 Å². The molecule has 0 saturated heterocycles. The zero-order valence-electron chi connectivity index (χ0n) is 12.2. The maximum absolute atomic E-state index is 11.6. The standard InChI is InChI=1S/C15H16ClN3O3/c1-3-9-19(10-11-5-7-12(16)8-6-11)15-18-17-13(22-15)14(20)21-4-2/h3,5-8H,1,4,9-10H2,2H3. The van der Waals surface area contributed by atoms with Gasteiger partial charge in [-0.25, -0.2) is 4.79 Å². The van der Waals surface area contributed by atoms with Gasteiger partial charge in [-0.1, -0.05) is 40.0 Å². The van der Waals surface area contributed by atoms with Crippen molar-refractivity contribution in [2.45, 2.75) is 13.5 Å². The van der Waals surface area contributed by atoms with Gasteiger partial charge in [0.1, 0.15) is 0 Å². The summed E-state index contributed by atoms with van der Waals surface area (Å²) in [7, 11) is 0. The highest BCUT2D eigenvalue weighted by Gasteiger charge is 2.19. The van der Waals surface area contributed by atoms with Crippen LogP contribution in [0, 0.1) is 0 Å². The van der Waals surface area contributed by atoms with Crippen LogP contribution in [-0.4, -0.2) is 29.3 Å². The van der Waals surface area contributed by atoms with Gasteiger partial charge in [-0.2, -0.15) is 0 Å². The third-order valence-electron chi connectivity index (χ3n) is 2.77. The maximum atomic E-state index is 11.6. The molecule has 0 unspecified atom stereocenters. The first-order chi connectivity index (χ1) is 10.6. The second-order valence-electron chi connectivity index (χ2n) is 4.41. The molecule has 22 heavy (non-hydrogen) atoms. The number of benzene rings is 1. The molecule has 0 radical (unpaired) electrons. The average Bonchev–Trinajstić information content (AvgIpc) is 2.99. The Morgan fingerprint density at radius 1 is 1.41 bits per heavy atom. The van der Waals surface area contributed by atoms with Gasteiger partial charge < -0.3 is 14.1 Å². The van der Waals surface area contributed by atoms with Gasteiger partial charge in [-0.3, -0.25) is 0 Å². The Morgan fingerprint density at radius 3 is 2.77 bits per heavy atom. The Bertz CT molecular complexity index is 640. The van der Waals surface area contributed by atoms with Crippen LogP contribution < -0.4 is 4.90 Å². The Labute approximate surface area is 133 Å². The van der Waals surface area contributed by atoms with Gasteiger partial charge >= 0.3 is 17.9 Å². The molecule has 1 aromatic heterocycles. The van der Waals surface area contributed by atoms with Crippen molar-refractivity contribution >= 4 is 23.6 Å². The van der Waals surface area contributed by atoms with Crippen LogP contribution in [0.4, 0.5) is 6.01 Å². The number of esters is 1. The summed E-state index contributed by atoms with van der Waals surface area (Å²) in [4.78, 5) is 13.4. The third kappa shape index (κ3) is 4.08. The van der Waals surface area contributed by atoms with E-state index >= 15 is 0 Å². The summed E-state index contributed by atoms with van der Waals surface area (Å²) in [5.74, 6) is -0.798. The minimum atomic E-state index is -0.633. The topological polar surface area (TPSA) is 68.5 Å². The summed E-state index contributed by atoms with van der Waals surface area (Å²) in [5, 5.41) is 8.26. The Kier molecular flexibility index (Phi) is 5.55. The fourth-order valence-electron chi connectivity index (χ4n) is 1.79. The first kappa shape index (κ1) is 16.0. The quantitative estimate of drug-likeness (QED) is 0.576. The van der Waals surface area contributed by atoms with E-state index in [2.05, 4.69) is 16.8 Å². The van der Waals surface area contributed by atoms with E-state index in [4.69, 9.17) is 20.8 Å². The van der Waals surface area contributed by atoms with Crippen molar-refractivity contribution < 1.29 is 13.9 Å². The summed E-state index contributed by atoms with van der Waals surface area (Å²) in [5.41, 5.74) is 1.02. The zero-order valence-corrected chi connectivity index (χ0v) is 12.9. The van der Waals surface area contributed by atoms with E-state index in [9.17, 15) is 4.79 Å². The molecular weight excluding hydrogens is 306 g/mol. The van der Waals surface area contributed by atoms with E-state index in [0.717, 1.165) is 5.56 Å². The molecule has 1 heterocycles. The largest absolute Gasteiger partial charge is 0.459 e. The molecule has 2 aromatic rings. The molecule has 0 aliphatic heterocycles. The highest BCUT2D eigenvalue weighted by Crippen LogP contribution is 2.17. The predicted molar refractivity (Wildman–Crippen MR) is 83.0 cm³/mol. The Hall–Kier alpha value is -2.34. The minimum absolute atomic E-state index is 0.165. The smallest absolute Gasteiger partial charge is 0.396 e. The molecular formula is C15H16ClN3O3. The number of carbonyl (C=O) groups excluding carboxylic acids is 1. The molecule has 116 valence electrons. The van der Waals surface area contributed by atoms with Crippen LogP contribution in [0.5, 0.6) is 0 Å². The summed E-state index contributed by atoms with van der Waals surface area (Å²) in [6.45, 7) is 6.68. The molecule has 7 heteroatoms. The minimum Gasteiger partial charge on any atom is -0.459 e. The molecule has 0 aliphatic rings. The number of ether oxygens (including phenoxy) is 1. The Balaban J connectivity index is 2.15. The first-order valence-electron chi connectivity index (χ1n) is 6.75. The summed E-state index contributed by atoms with van der Waals surface area (Å²) in [6.07, 6.45) is 1.71. The lowest BCUT2D eigenvalue weighted by Gasteiger charge is -2.18. The van der Waals surface area contributed by atoms with E-state index in [0.29, 0.717) is 18.1 Å². The van der Waals surface area contributed by atoms with Gasteiger partial charge in [-0.05, 0) is 24.6 Å². The number of carbonyl (C=O) groups is 1. The van der Waals surface area contributed by atoms with Crippen LogP contribution >= 0.6 is 11.6 Å². The number of hydrogen-bond donors (Lipinski definition) is 0. The van der Waals surface area contributed by atoms with Crippen molar-refractivity contribution in [2.24, 2.45) is 0 Å². The number of rotatable bonds is 7. The number of anilines is 1. The molecule has 1 aromatic carbocycles. The number of aromatic nitrogens is 2. The molecule has 0 aliphatic carbocycles. The van der Waals surface area contributed by atoms with Crippen molar-refractivity contribution in [1.29, 1.82) is 0 Å². The molecule has 0 saturated carbocycles. The molecule has 0 amide bonds. The summed E-state index contributed by atoms with van der Waals surface area (Å²) in [6, 6.07) is 7.65. The zero-order chi connectivity index (χ0) is 15.9. The Morgan fingerprint density at radius 2 is 2.14 bits per heavy atom. The molecule has 0 N–H and O–H groups in total. The van der Waals surface area contributed by atoms with Gasteiger partial charge in [0.2, 0.25) is 0 Å². The number of nitrogens with zero attached hydrogens (tertiary/aromatic N) is 3.